The van der Waals surface area contributed by atoms with Gasteiger partial charge in [-0.1, -0.05) is 0 Å². The van der Waals surface area contributed by atoms with Gasteiger partial charge < -0.3 is 0 Å². The van der Waals surface area contributed by atoms with Crippen molar-refractivity contribution in [3.63, 3.8) is 0 Å². The Morgan fingerprint density at radius 1 is 1.33 bits per heavy atom. The SMILES string of the molecule is Cn1nnc(CN2C(=O)CNCC2=O)n1. The van der Waals surface area contributed by atoms with Crippen LogP contribution >= 0.6 is 0 Å². The molecule has 0 saturated carbocycles. The molecular formula is C7H10N6O2. The molecular weight excluding hydrogens is 200 g/mol. The van der Waals surface area contributed by atoms with E-state index in [9.17, 15) is 9.59 Å². The van der Waals surface area contributed by atoms with Gasteiger partial charge in [-0.15, -0.1) is 10.2 Å². The van der Waals surface area contributed by atoms with Crippen LogP contribution in [0.1, 0.15) is 5.82 Å². The molecule has 2 rings (SSSR count). The van der Waals surface area contributed by atoms with Gasteiger partial charge >= 0.3 is 0 Å². The monoisotopic (exact) mass is 210 g/mol. The van der Waals surface area contributed by atoms with E-state index in [1.165, 1.54) is 4.80 Å². The number of nitrogens with one attached hydrogen (secondary N) is 1. The Balaban J connectivity index is 2.09. The molecule has 1 aliphatic rings. The molecule has 1 aliphatic heterocycles. The number of carbonyl (C=O) groups is 2. The molecule has 2 amide bonds. The molecule has 1 aromatic rings. The number of hydrogen-bond acceptors (Lipinski definition) is 6. The fourth-order valence-corrected chi connectivity index (χ4v) is 1.31. The number of carbonyl (C=O) groups excluding carboxylic acids is 2. The minimum absolute atomic E-state index is 0.0905. The fraction of sp³-hybridized carbons (Fsp3) is 0.571. The van der Waals surface area contributed by atoms with Crippen LogP contribution in [0.4, 0.5) is 0 Å². The molecule has 2 heterocycles. The predicted octanol–water partition coefficient (Wildman–Crippen LogP) is -2.33. The number of nitrogens with zero attached hydrogens (tertiary/aromatic N) is 5. The van der Waals surface area contributed by atoms with E-state index < -0.39 is 0 Å². The number of imide groups is 1. The maximum Gasteiger partial charge on any atom is 0.243 e. The molecule has 1 N–H and O–H groups in total. The van der Waals surface area contributed by atoms with Crippen LogP contribution in [-0.2, 0) is 23.2 Å². The van der Waals surface area contributed by atoms with Crippen LogP contribution in [-0.4, -0.2) is 50.0 Å². The minimum Gasteiger partial charge on any atom is -0.300 e. The van der Waals surface area contributed by atoms with E-state index in [4.69, 9.17) is 0 Å². The first-order chi connectivity index (χ1) is 7.16. The lowest BCUT2D eigenvalue weighted by Gasteiger charge is -2.23. The van der Waals surface area contributed by atoms with Crippen molar-refractivity contribution in [3.05, 3.63) is 5.82 Å². The third kappa shape index (κ3) is 1.99. The zero-order valence-electron chi connectivity index (χ0n) is 8.17. The quantitative estimate of drug-likeness (QED) is 0.550. The lowest BCUT2D eigenvalue weighted by Crippen LogP contribution is -2.51. The van der Waals surface area contributed by atoms with Crippen molar-refractivity contribution in [2.75, 3.05) is 13.1 Å². The highest BCUT2D eigenvalue weighted by Gasteiger charge is 2.26. The van der Waals surface area contributed by atoms with E-state index in [2.05, 4.69) is 20.7 Å². The standard InChI is InChI=1S/C7H10N6O2/c1-12-10-5(9-11-12)4-13-6(14)2-8-3-7(13)15/h8H,2-4H2,1H3. The van der Waals surface area contributed by atoms with Gasteiger partial charge in [0, 0.05) is 0 Å². The van der Waals surface area contributed by atoms with Crippen LogP contribution in [0.15, 0.2) is 0 Å². The van der Waals surface area contributed by atoms with Crippen molar-refractivity contribution in [3.8, 4) is 0 Å². The van der Waals surface area contributed by atoms with E-state index in [0.29, 0.717) is 5.82 Å². The smallest absolute Gasteiger partial charge is 0.243 e. The fourth-order valence-electron chi connectivity index (χ4n) is 1.31. The van der Waals surface area contributed by atoms with E-state index in [-0.39, 0.29) is 31.4 Å². The minimum atomic E-state index is -0.265. The highest BCUT2D eigenvalue weighted by atomic mass is 16.2. The Morgan fingerprint density at radius 2 is 2.00 bits per heavy atom. The van der Waals surface area contributed by atoms with Crippen molar-refractivity contribution in [1.82, 2.24) is 30.4 Å². The molecule has 0 aliphatic carbocycles. The van der Waals surface area contributed by atoms with E-state index >= 15 is 0 Å². The van der Waals surface area contributed by atoms with Gasteiger partial charge in [-0.3, -0.25) is 19.8 Å². The summed E-state index contributed by atoms with van der Waals surface area (Å²) in [6.07, 6.45) is 0. The van der Waals surface area contributed by atoms with Crippen molar-refractivity contribution < 1.29 is 9.59 Å². The first kappa shape index (κ1) is 9.71. The summed E-state index contributed by atoms with van der Waals surface area (Å²) in [5, 5.41) is 13.9. The van der Waals surface area contributed by atoms with Gasteiger partial charge in [0.25, 0.3) is 0 Å². The number of tetrazole rings is 1. The molecule has 0 bridgehead atoms. The Kier molecular flexibility index (Phi) is 2.42. The van der Waals surface area contributed by atoms with Gasteiger partial charge in [0.2, 0.25) is 11.8 Å². The van der Waals surface area contributed by atoms with Gasteiger partial charge in [0.15, 0.2) is 5.82 Å². The second kappa shape index (κ2) is 3.73. The summed E-state index contributed by atoms with van der Waals surface area (Å²) in [4.78, 5) is 25.2. The summed E-state index contributed by atoms with van der Waals surface area (Å²) < 4.78 is 0. The van der Waals surface area contributed by atoms with Crippen LogP contribution in [0.2, 0.25) is 0 Å². The molecule has 8 heteroatoms. The molecule has 0 atom stereocenters. The topological polar surface area (TPSA) is 93.0 Å². The number of aromatic nitrogens is 4. The Bertz CT molecular complexity index is 384. The summed E-state index contributed by atoms with van der Waals surface area (Å²) in [5.41, 5.74) is 0. The predicted molar refractivity (Wildman–Crippen MR) is 47.2 cm³/mol. The molecule has 1 saturated heterocycles. The second-order valence-corrected chi connectivity index (χ2v) is 3.17. The maximum absolute atomic E-state index is 11.4. The molecule has 1 fully saturated rings. The van der Waals surface area contributed by atoms with Crippen molar-refractivity contribution in [2.45, 2.75) is 6.54 Å². The molecule has 0 radical (unpaired) electrons. The third-order valence-electron chi connectivity index (χ3n) is 2.00. The van der Waals surface area contributed by atoms with Crippen molar-refractivity contribution >= 4 is 11.8 Å². The summed E-state index contributed by atoms with van der Waals surface area (Å²) in [7, 11) is 1.62. The molecule has 15 heavy (non-hydrogen) atoms. The molecule has 80 valence electrons. The summed E-state index contributed by atoms with van der Waals surface area (Å²) >= 11 is 0. The number of rotatable bonds is 2. The van der Waals surface area contributed by atoms with Gasteiger partial charge in [-0.2, -0.15) is 4.80 Å². The first-order valence-corrected chi connectivity index (χ1v) is 4.43. The van der Waals surface area contributed by atoms with Crippen LogP contribution in [0.3, 0.4) is 0 Å². The zero-order valence-corrected chi connectivity index (χ0v) is 8.17. The number of aryl methyl sites for hydroxylation is 1. The molecule has 8 nitrogen and oxygen atoms in total. The Morgan fingerprint density at radius 3 is 2.53 bits per heavy atom. The highest BCUT2D eigenvalue weighted by molar-refractivity contribution is 5.99. The molecule has 0 spiro atoms. The molecule has 0 unspecified atom stereocenters. The maximum atomic E-state index is 11.4. The normalized spacial score (nSPS) is 17.3. The Labute approximate surface area is 85.2 Å². The molecule has 0 aromatic carbocycles. The van der Waals surface area contributed by atoms with Crippen LogP contribution in [0, 0.1) is 0 Å². The summed E-state index contributed by atoms with van der Waals surface area (Å²) in [6, 6.07) is 0. The largest absolute Gasteiger partial charge is 0.300 e. The van der Waals surface area contributed by atoms with Crippen LogP contribution in [0.25, 0.3) is 0 Å². The third-order valence-corrected chi connectivity index (χ3v) is 2.00. The van der Waals surface area contributed by atoms with Crippen molar-refractivity contribution in [2.24, 2.45) is 7.05 Å². The van der Waals surface area contributed by atoms with Gasteiger partial charge in [-0.05, 0) is 5.21 Å². The van der Waals surface area contributed by atoms with Gasteiger partial charge in [-0.25, -0.2) is 0 Å². The number of piperazine rings is 1. The first-order valence-electron chi connectivity index (χ1n) is 4.43. The van der Waals surface area contributed by atoms with E-state index in [1.807, 2.05) is 0 Å². The van der Waals surface area contributed by atoms with Crippen molar-refractivity contribution in [1.29, 1.82) is 0 Å². The van der Waals surface area contributed by atoms with Crippen LogP contribution in [0.5, 0.6) is 0 Å². The second-order valence-electron chi connectivity index (χ2n) is 3.17. The van der Waals surface area contributed by atoms with E-state index in [1.54, 1.807) is 7.05 Å². The van der Waals surface area contributed by atoms with Gasteiger partial charge in [0.1, 0.15) is 0 Å². The lowest BCUT2D eigenvalue weighted by atomic mass is 10.3. The zero-order chi connectivity index (χ0) is 10.8. The van der Waals surface area contributed by atoms with Crippen LogP contribution < -0.4 is 5.32 Å². The lowest BCUT2D eigenvalue weighted by molar-refractivity contribution is -0.147. The average Bonchev–Trinajstić information content (AvgIpc) is 2.58. The van der Waals surface area contributed by atoms with E-state index in [0.717, 1.165) is 4.90 Å². The highest BCUT2D eigenvalue weighted by Crippen LogP contribution is 2.01. The number of amides is 2. The summed E-state index contributed by atoms with van der Waals surface area (Å²) in [5.74, 6) is -0.168. The molecule has 1 aromatic heterocycles. The van der Waals surface area contributed by atoms with Gasteiger partial charge in [0.05, 0.1) is 26.7 Å². The Hall–Kier alpha value is -1.83. The average molecular weight is 210 g/mol. The summed E-state index contributed by atoms with van der Waals surface area (Å²) in [6.45, 7) is 0.436. The number of hydrogen-bond donors (Lipinski definition) is 1.